The number of rotatable bonds is 5. The van der Waals surface area contributed by atoms with E-state index in [-0.39, 0.29) is 4.90 Å². The molecule has 0 N–H and O–H groups in total. The van der Waals surface area contributed by atoms with Gasteiger partial charge in [0.25, 0.3) is 5.01 Å². The summed E-state index contributed by atoms with van der Waals surface area (Å²) in [4.78, 5) is 3.61. The van der Waals surface area contributed by atoms with E-state index < -0.39 is 10.1 Å². The van der Waals surface area contributed by atoms with Crippen molar-refractivity contribution in [2.45, 2.75) is 37.1 Å². The first-order chi connectivity index (χ1) is 21.3. The lowest BCUT2D eigenvalue weighted by molar-refractivity contribution is -0.664. The van der Waals surface area contributed by atoms with Gasteiger partial charge in [-0.1, -0.05) is 101 Å². The fourth-order valence-corrected chi connectivity index (χ4v) is 8.32. The van der Waals surface area contributed by atoms with Crippen molar-refractivity contribution in [3.05, 3.63) is 125 Å². The number of allylic oxidation sites excluding steroid dienone is 2. The molecule has 0 saturated carbocycles. The van der Waals surface area contributed by atoms with E-state index >= 15 is 0 Å². The van der Waals surface area contributed by atoms with E-state index in [2.05, 4.69) is 114 Å². The number of aryl methyl sites for hydroxylation is 2. The van der Waals surface area contributed by atoms with E-state index in [1.54, 1.807) is 12.1 Å². The maximum atomic E-state index is 10.4. The minimum absolute atomic E-state index is 0.178. The molecule has 1 aliphatic rings. The second-order valence-corrected chi connectivity index (χ2v) is 13.9. The first-order valence-corrected chi connectivity index (χ1v) is 17.5. The van der Waals surface area contributed by atoms with E-state index in [0.29, 0.717) is 0 Å². The van der Waals surface area contributed by atoms with Crippen molar-refractivity contribution < 1.29 is 17.5 Å². The van der Waals surface area contributed by atoms with Crippen molar-refractivity contribution in [3.8, 4) is 0 Å². The molecule has 0 amide bonds. The molecule has 7 rings (SSSR count). The summed E-state index contributed by atoms with van der Waals surface area (Å²) in [6, 6.07) is 32.2. The Labute approximate surface area is 266 Å². The summed E-state index contributed by atoms with van der Waals surface area (Å²) >= 11 is 3.74. The van der Waals surface area contributed by atoms with Gasteiger partial charge in [-0.25, -0.2) is 8.42 Å². The zero-order valence-corrected chi connectivity index (χ0v) is 27.2. The number of hydrogen-bond acceptors (Lipinski definition) is 6. The van der Waals surface area contributed by atoms with E-state index in [0.717, 1.165) is 18.7 Å². The van der Waals surface area contributed by atoms with Crippen LogP contribution in [0.5, 0.6) is 0 Å². The standard InChI is InChI=1S/C29H25N2S2.C7H8O3S/c1-3-30-26(32-24-18-16-20-10-5-7-12-22(20)28(24)30)14-9-15-27-31(4-2)29-23-13-8-6-11-21(23)17-19-25(29)33-27;1-6-2-4-7(5-3-6)11(8,9)10/h5-19H,3-4H2,1-2H3;2-5H,1H3,(H,8,9,10)/q+1;/p-1. The van der Waals surface area contributed by atoms with Crippen LogP contribution in [0.25, 0.3) is 37.8 Å². The Morgan fingerprint density at radius 3 is 2.18 bits per heavy atom. The highest BCUT2D eigenvalue weighted by Gasteiger charge is 2.25. The summed E-state index contributed by atoms with van der Waals surface area (Å²) in [5.74, 6) is 0. The second-order valence-electron chi connectivity index (χ2n) is 10.4. The summed E-state index contributed by atoms with van der Waals surface area (Å²) < 4.78 is 34.9. The van der Waals surface area contributed by atoms with Gasteiger partial charge in [-0.05, 0) is 68.0 Å². The molecule has 5 aromatic carbocycles. The number of benzene rings is 5. The highest BCUT2D eigenvalue weighted by molar-refractivity contribution is 8.03. The Morgan fingerprint density at radius 2 is 1.50 bits per heavy atom. The fourth-order valence-electron chi connectivity index (χ4n) is 5.54. The molecule has 0 atom stereocenters. The van der Waals surface area contributed by atoms with Crippen LogP contribution >= 0.6 is 23.1 Å². The number of anilines is 1. The lowest BCUT2D eigenvalue weighted by atomic mass is 10.1. The molecule has 0 spiro atoms. The second kappa shape index (κ2) is 12.6. The lowest BCUT2D eigenvalue weighted by Gasteiger charge is -2.19. The average Bonchev–Trinajstić information content (AvgIpc) is 3.58. The van der Waals surface area contributed by atoms with Crippen molar-refractivity contribution in [3.63, 3.8) is 0 Å². The Balaban J connectivity index is 0.000000265. The predicted molar refractivity (Wildman–Crippen MR) is 184 cm³/mol. The number of aromatic nitrogens is 1. The minimum Gasteiger partial charge on any atom is -0.744 e. The Kier molecular flexibility index (Phi) is 8.60. The summed E-state index contributed by atoms with van der Waals surface area (Å²) in [7, 11) is -4.27. The van der Waals surface area contributed by atoms with Crippen LogP contribution in [-0.2, 0) is 16.7 Å². The third kappa shape index (κ3) is 5.90. The van der Waals surface area contributed by atoms with Gasteiger partial charge in [-0.2, -0.15) is 4.57 Å². The van der Waals surface area contributed by atoms with Crippen molar-refractivity contribution in [2.75, 3.05) is 11.4 Å². The summed E-state index contributed by atoms with van der Waals surface area (Å²) in [5.41, 5.74) is 3.62. The van der Waals surface area contributed by atoms with Crippen molar-refractivity contribution >= 4 is 76.7 Å². The van der Waals surface area contributed by atoms with Gasteiger partial charge in [0.1, 0.15) is 21.4 Å². The fraction of sp³-hybridized carbons (Fsp3) is 0.139. The zero-order valence-electron chi connectivity index (χ0n) is 24.7. The normalized spacial score (nSPS) is 14.1. The van der Waals surface area contributed by atoms with Gasteiger partial charge in [0.05, 0.1) is 21.0 Å². The number of hydrogen-bond donors (Lipinski definition) is 0. The number of fused-ring (bicyclic) bond motifs is 6. The van der Waals surface area contributed by atoms with Crippen LogP contribution in [0.3, 0.4) is 0 Å². The van der Waals surface area contributed by atoms with Crippen LogP contribution in [0.2, 0.25) is 0 Å². The third-order valence-corrected chi connectivity index (χ3v) is 10.7. The first kappa shape index (κ1) is 30.1. The summed E-state index contributed by atoms with van der Waals surface area (Å²) in [5, 5.41) is 7.83. The molecule has 1 aliphatic heterocycles. The van der Waals surface area contributed by atoms with E-state index in [9.17, 15) is 13.0 Å². The lowest BCUT2D eigenvalue weighted by Crippen LogP contribution is -2.33. The smallest absolute Gasteiger partial charge is 0.262 e. The highest BCUT2D eigenvalue weighted by Crippen LogP contribution is 2.49. The van der Waals surface area contributed by atoms with Gasteiger partial charge in [0.15, 0.2) is 0 Å². The highest BCUT2D eigenvalue weighted by atomic mass is 32.2. The monoisotopic (exact) mass is 636 g/mol. The molecule has 0 saturated heterocycles. The molecule has 0 unspecified atom stereocenters. The molecule has 222 valence electrons. The van der Waals surface area contributed by atoms with E-state index in [1.165, 1.54) is 64.5 Å². The molecular formula is C36H32N2O3S3. The van der Waals surface area contributed by atoms with E-state index in [4.69, 9.17) is 0 Å². The maximum absolute atomic E-state index is 10.4. The average molecular weight is 637 g/mol. The van der Waals surface area contributed by atoms with Crippen LogP contribution in [0.15, 0.2) is 124 Å². The van der Waals surface area contributed by atoms with Gasteiger partial charge in [-0.15, -0.1) is 0 Å². The van der Waals surface area contributed by atoms with Crippen LogP contribution in [0.4, 0.5) is 5.69 Å². The SMILES string of the molecule is CCN1/C(=C/C=C/c2sc3ccc4ccccc4c3[n+]2CC)Sc2ccc3ccccc3c21.Cc1ccc(S(=O)(=O)[O-])cc1. The number of thioether (sulfide) groups is 1. The molecule has 0 aliphatic carbocycles. The molecule has 1 aromatic heterocycles. The Hall–Kier alpha value is -3.95. The molecule has 0 fully saturated rings. The first-order valence-electron chi connectivity index (χ1n) is 14.5. The van der Waals surface area contributed by atoms with Crippen molar-refractivity contribution in [2.24, 2.45) is 0 Å². The molecule has 8 heteroatoms. The van der Waals surface area contributed by atoms with Crippen LogP contribution < -0.4 is 9.47 Å². The van der Waals surface area contributed by atoms with Crippen LogP contribution in [-0.4, -0.2) is 19.5 Å². The summed E-state index contributed by atoms with van der Waals surface area (Å²) in [6.07, 6.45) is 6.76. The van der Waals surface area contributed by atoms with E-state index in [1.807, 2.05) is 30.0 Å². The third-order valence-electron chi connectivity index (χ3n) is 7.65. The quantitative estimate of drug-likeness (QED) is 0.140. The van der Waals surface area contributed by atoms with Crippen molar-refractivity contribution in [1.29, 1.82) is 0 Å². The van der Waals surface area contributed by atoms with Gasteiger partial charge in [0.2, 0.25) is 5.52 Å². The zero-order chi connectivity index (χ0) is 30.8. The largest absolute Gasteiger partial charge is 0.744 e. The van der Waals surface area contributed by atoms with Crippen LogP contribution in [0, 0.1) is 6.92 Å². The minimum atomic E-state index is -4.27. The molecule has 2 heterocycles. The van der Waals surface area contributed by atoms with Gasteiger partial charge < -0.3 is 9.45 Å². The maximum Gasteiger partial charge on any atom is 0.262 e. The molecule has 0 radical (unpaired) electrons. The van der Waals surface area contributed by atoms with Gasteiger partial charge in [-0.3, -0.25) is 0 Å². The number of thiazole rings is 1. The Morgan fingerprint density at radius 1 is 0.841 bits per heavy atom. The molecule has 6 aromatic rings. The van der Waals surface area contributed by atoms with Crippen LogP contribution in [0.1, 0.15) is 24.4 Å². The Bertz CT molecular complexity index is 2170. The molecule has 44 heavy (non-hydrogen) atoms. The van der Waals surface area contributed by atoms with Gasteiger partial charge in [0, 0.05) is 22.9 Å². The van der Waals surface area contributed by atoms with Crippen molar-refractivity contribution in [1.82, 2.24) is 0 Å². The predicted octanol–water partition coefficient (Wildman–Crippen LogP) is 8.90. The van der Waals surface area contributed by atoms with Gasteiger partial charge >= 0.3 is 0 Å². The molecule has 0 bridgehead atoms. The number of nitrogens with zero attached hydrogens (tertiary/aromatic N) is 2. The molecule has 5 nitrogen and oxygen atoms in total. The topological polar surface area (TPSA) is 64.3 Å². The molecular weight excluding hydrogens is 605 g/mol. The summed E-state index contributed by atoms with van der Waals surface area (Å²) in [6.45, 7) is 8.20.